The van der Waals surface area contributed by atoms with E-state index in [4.69, 9.17) is 15.9 Å². The summed E-state index contributed by atoms with van der Waals surface area (Å²) >= 11 is 0. The van der Waals surface area contributed by atoms with Crippen molar-refractivity contribution in [3.63, 3.8) is 0 Å². The number of terminal acetylenes is 1. The molecule has 2 aromatic rings. The predicted molar refractivity (Wildman–Crippen MR) is 97.1 cm³/mol. The number of para-hydroxylation sites is 1. The SMILES string of the molecule is C#CCC(C(=O)OC(C#N)c1cccc(Oc2ccccc2)c1)C1CC1. The lowest BCUT2D eigenvalue weighted by molar-refractivity contribution is -0.152. The van der Waals surface area contributed by atoms with Crippen molar-refractivity contribution in [1.82, 2.24) is 0 Å². The van der Waals surface area contributed by atoms with E-state index in [0.29, 0.717) is 23.5 Å². The molecule has 26 heavy (non-hydrogen) atoms. The van der Waals surface area contributed by atoms with Crippen LogP contribution in [0.3, 0.4) is 0 Å². The quantitative estimate of drug-likeness (QED) is 0.542. The smallest absolute Gasteiger partial charge is 0.311 e. The van der Waals surface area contributed by atoms with Crippen LogP contribution in [0.5, 0.6) is 11.5 Å². The van der Waals surface area contributed by atoms with Crippen LogP contribution in [0.2, 0.25) is 0 Å². The number of esters is 1. The van der Waals surface area contributed by atoms with E-state index in [1.165, 1.54) is 0 Å². The summed E-state index contributed by atoms with van der Waals surface area (Å²) in [4.78, 5) is 12.4. The Hall–Kier alpha value is -3.24. The van der Waals surface area contributed by atoms with Crippen LogP contribution in [0.15, 0.2) is 54.6 Å². The first-order valence-corrected chi connectivity index (χ1v) is 8.57. The number of nitriles is 1. The normalized spacial score (nSPS) is 15.2. The van der Waals surface area contributed by atoms with Gasteiger partial charge >= 0.3 is 5.97 Å². The molecule has 2 aromatic carbocycles. The molecule has 2 unspecified atom stereocenters. The summed E-state index contributed by atoms with van der Waals surface area (Å²) in [6, 6.07) is 18.4. The highest BCUT2D eigenvalue weighted by Gasteiger charge is 2.37. The highest BCUT2D eigenvalue weighted by atomic mass is 16.5. The number of benzene rings is 2. The molecule has 3 rings (SSSR count). The van der Waals surface area contributed by atoms with Crippen LogP contribution in [0, 0.1) is 35.5 Å². The average Bonchev–Trinajstić information content (AvgIpc) is 3.50. The molecule has 0 amide bonds. The molecular formula is C22H19NO3. The maximum atomic E-state index is 12.4. The van der Waals surface area contributed by atoms with E-state index in [0.717, 1.165) is 12.8 Å². The van der Waals surface area contributed by atoms with E-state index in [9.17, 15) is 10.1 Å². The molecule has 1 aliphatic carbocycles. The second-order valence-electron chi connectivity index (χ2n) is 6.29. The van der Waals surface area contributed by atoms with Crippen molar-refractivity contribution >= 4 is 5.97 Å². The van der Waals surface area contributed by atoms with Gasteiger partial charge < -0.3 is 9.47 Å². The Labute approximate surface area is 153 Å². The maximum absolute atomic E-state index is 12.4. The van der Waals surface area contributed by atoms with Gasteiger partial charge in [0.2, 0.25) is 6.10 Å². The van der Waals surface area contributed by atoms with Crippen LogP contribution in [-0.4, -0.2) is 5.97 Å². The number of ether oxygens (including phenoxy) is 2. The van der Waals surface area contributed by atoms with Crippen LogP contribution in [0.25, 0.3) is 0 Å². The zero-order valence-electron chi connectivity index (χ0n) is 14.3. The van der Waals surface area contributed by atoms with Gasteiger partial charge in [0.15, 0.2) is 0 Å². The maximum Gasteiger partial charge on any atom is 0.311 e. The van der Waals surface area contributed by atoms with Gasteiger partial charge in [-0.1, -0.05) is 30.3 Å². The molecule has 2 atom stereocenters. The summed E-state index contributed by atoms with van der Waals surface area (Å²) < 4.78 is 11.2. The molecule has 0 aromatic heterocycles. The lowest BCUT2D eigenvalue weighted by atomic mass is 10.0. The first-order chi connectivity index (χ1) is 12.7. The zero-order valence-corrected chi connectivity index (χ0v) is 14.3. The Kier molecular flexibility index (Phi) is 5.56. The van der Waals surface area contributed by atoms with Gasteiger partial charge in [-0.3, -0.25) is 4.79 Å². The minimum atomic E-state index is -0.985. The van der Waals surface area contributed by atoms with Gasteiger partial charge in [-0.05, 0) is 43.0 Å². The Bertz CT molecular complexity index is 844. The third-order valence-electron chi connectivity index (χ3n) is 4.32. The fourth-order valence-corrected chi connectivity index (χ4v) is 2.81. The molecule has 0 saturated heterocycles. The van der Waals surface area contributed by atoms with Crippen LogP contribution in [0.4, 0.5) is 0 Å². The summed E-state index contributed by atoms with van der Waals surface area (Å²) in [7, 11) is 0. The second kappa shape index (κ2) is 8.23. The minimum absolute atomic E-state index is 0.283. The van der Waals surface area contributed by atoms with Crippen LogP contribution in [0.1, 0.15) is 30.9 Å². The minimum Gasteiger partial charge on any atom is -0.457 e. The van der Waals surface area contributed by atoms with Crippen molar-refractivity contribution in [3.8, 4) is 29.9 Å². The fourth-order valence-electron chi connectivity index (χ4n) is 2.81. The molecular weight excluding hydrogens is 326 g/mol. The lowest BCUT2D eigenvalue weighted by Crippen LogP contribution is -2.21. The van der Waals surface area contributed by atoms with Crippen LogP contribution < -0.4 is 4.74 Å². The number of carbonyl (C=O) groups excluding carboxylic acids is 1. The number of carbonyl (C=O) groups is 1. The van der Waals surface area contributed by atoms with Crippen molar-refractivity contribution in [3.05, 3.63) is 60.2 Å². The monoisotopic (exact) mass is 345 g/mol. The fraction of sp³-hybridized carbons (Fsp3) is 0.273. The standard InChI is InChI=1S/C22H19NO3/c1-2-7-20(16-12-13-16)22(24)26-21(15-23)17-8-6-11-19(14-17)25-18-9-4-3-5-10-18/h1,3-6,8-11,14,16,20-21H,7,12-13H2. The molecule has 1 fully saturated rings. The van der Waals surface area contributed by atoms with Gasteiger partial charge in [0.1, 0.15) is 17.6 Å². The number of rotatable bonds is 7. The molecule has 0 N–H and O–H groups in total. The van der Waals surface area contributed by atoms with Crippen LogP contribution >= 0.6 is 0 Å². The second-order valence-corrected chi connectivity index (χ2v) is 6.29. The summed E-state index contributed by atoms with van der Waals surface area (Å²) in [6.45, 7) is 0. The van der Waals surface area contributed by atoms with E-state index in [1.807, 2.05) is 36.4 Å². The van der Waals surface area contributed by atoms with Crippen LogP contribution in [-0.2, 0) is 9.53 Å². The van der Waals surface area contributed by atoms with E-state index in [1.54, 1.807) is 24.3 Å². The third-order valence-corrected chi connectivity index (χ3v) is 4.32. The van der Waals surface area contributed by atoms with Gasteiger partial charge in [0.25, 0.3) is 0 Å². The molecule has 0 spiro atoms. The summed E-state index contributed by atoms with van der Waals surface area (Å²) in [5.41, 5.74) is 0.574. The first kappa shape index (κ1) is 17.6. The van der Waals surface area contributed by atoms with E-state index in [2.05, 4.69) is 5.92 Å². The summed E-state index contributed by atoms with van der Waals surface area (Å²) in [5.74, 6) is 3.37. The van der Waals surface area contributed by atoms with E-state index >= 15 is 0 Å². The largest absolute Gasteiger partial charge is 0.457 e. The zero-order chi connectivity index (χ0) is 18.4. The van der Waals surface area contributed by atoms with Crippen molar-refractivity contribution in [2.24, 2.45) is 11.8 Å². The Morgan fingerprint density at radius 2 is 1.88 bits per heavy atom. The topological polar surface area (TPSA) is 59.3 Å². The summed E-state index contributed by atoms with van der Waals surface area (Å²) in [6.07, 6.45) is 6.69. The Morgan fingerprint density at radius 1 is 1.15 bits per heavy atom. The van der Waals surface area contributed by atoms with Crippen molar-refractivity contribution in [2.45, 2.75) is 25.4 Å². The van der Waals surface area contributed by atoms with Crippen molar-refractivity contribution < 1.29 is 14.3 Å². The molecule has 0 aliphatic heterocycles. The average molecular weight is 345 g/mol. The van der Waals surface area contributed by atoms with Gasteiger partial charge in [0.05, 0.1) is 5.92 Å². The Morgan fingerprint density at radius 3 is 2.54 bits per heavy atom. The molecule has 1 aliphatic rings. The molecule has 0 heterocycles. The van der Waals surface area contributed by atoms with Gasteiger partial charge in [-0.2, -0.15) is 5.26 Å². The van der Waals surface area contributed by atoms with Gasteiger partial charge in [-0.15, -0.1) is 12.3 Å². The number of hydrogen-bond donors (Lipinski definition) is 0. The molecule has 0 radical (unpaired) electrons. The third kappa shape index (κ3) is 4.43. The molecule has 130 valence electrons. The molecule has 4 heteroatoms. The highest BCUT2D eigenvalue weighted by molar-refractivity contribution is 5.74. The Balaban J connectivity index is 1.72. The first-order valence-electron chi connectivity index (χ1n) is 8.57. The van der Waals surface area contributed by atoms with Gasteiger partial charge in [0, 0.05) is 12.0 Å². The summed E-state index contributed by atoms with van der Waals surface area (Å²) in [5, 5.41) is 9.47. The predicted octanol–water partition coefficient (Wildman–Crippen LogP) is 4.64. The highest BCUT2D eigenvalue weighted by Crippen LogP contribution is 2.39. The lowest BCUT2D eigenvalue weighted by Gasteiger charge is -2.17. The molecule has 4 nitrogen and oxygen atoms in total. The van der Waals surface area contributed by atoms with E-state index < -0.39 is 12.1 Å². The van der Waals surface area contributed by atoms with E-state index in [-0.39, 0.29) is 11.8 Å². The number of hydrogen-bond acceptors (Lipinski definition) is 4. The van der Waals surface area contributed by atoms with Gasteiger partial charge in [-0.25, -0.2) is 0 Å². The molecule has 0 bridgehead atoms. The number of nitrogens with zero attached hydrogens (tertiary/aromatic N) is 1. The van der Waals surface area contributed by atoms with Crippen molar-refractivity contribution in [2.75, 3.05) is 0 Å². The molecule has 1 saturated carbocycles. The van der Waals surface area contributed by atoms with Crippen molar-refractivity contribution in [1.29, 1.82) is 5.26 Å².